The third kappa shape index (κ3) is 3.24. The maximum atomic E-state index is 13.8. The summed E-state index contributed by atoms with van der Waals surface area (Å²) in [4.78, 5) is 2.28. The maximum Gasteiger partial charge on any atom is 0.135 e. The van der Waals surface area contributed by atoms with Crippen molar-refractivity contribution in [1.82, 2.24) is 19.7 Å². The first kappa shape index (κ1) is 14.5. The molecule has 0 radical (unpaired) electrons. The Bertz CT molecular complexity index is 620. The Kier molecular flexibility index (Phi) is 4.22. The molecule has 1 saturated heterocycles. The number of hydrogen-bond donors (Lipinski definition) is 0. The average Bonchev–Trinajstić information content (AvgIpc) is 2.89. The normalized spacial score (nSPS) is 17.3. The minimum Gasteiger partial charge on any atom is -0.320 e. The number of rotatable bonds is 3. The molecular formula is C15H18ClFN4. The molecule has 1 aliphatic heterocycles. The Balaban J connectivity index is 1.60. The van der Waals surface area contributed by atoms with Crippen LogP contribution >= 0.6 is 11.6 Å². The van der Waals surface area contributed by atoms with Gasteiger partial charge < -0.3 is 4.57 Å². The van der Waals surface area contributed by atoms with Crippen molar-refractivity contribution >= 4 is 11.6 Å². The molecule has 1 fully saturated rings. The summed E-state index contributed by atoms with van der Waals surface area (Å²) in [5, 5.41) is 8.57. The number of likely N-dealkylation sites (tertiary alicyclic amines) is 1. The first-order valence-corrected chi connectivity index (χ1v) is 7.51. The monoisotopic (exact) mass is 308 g/mol. The standard InChI is InChI=1S/C15H18ClFN4/c1-20-10-18-19-15(20)11-4-6-21(7-5-11)9-12-2-3-13(16)8-14(12)17/h2-3,8,10-11H,4-7,9H2,1H3. The van der Waals surface area contributed by atoms with Crippen molar-refractivity contribution < 1.29 is 4.39 Å². The van der Waals surface area contributed by atoms with Crippen LogP contribution in [0.5, 0.6) is 0 Å². The summed E-state index contributed by atoms with van der Waals surface area (Å²) in [5.74, 6) is 1.27. The predicted octanol–water partition coefficient (Wildman–Crippen LogP) is 2.99. The quantitative estimate of drug-likeness (QED) is 0.874. The minimum absolute atomic E-state index is 0.224. The summed E-state index contributed by atoms with van der Waals surface area (Å²) in [7, 11) is 1.98. The van der Waals surface area contributed by atoms with Gasteiger partial charge in [-0.25, -0.2) is 4.39 Å². The van der Waals surface area contributed by atoms with Gasteiger partial charge in [-0.2, -0.15) is 0 Å². The molecule has 0 spiro atoms. The van der Waals surface area contributed by atoms with E-state index in [1.165, 1.54) is 6.07 Å². The first-order valence-electron chi connectivity index (χ1n) is 7.13. The van der Waals surface area contributed by atoms with Crippen LogP contribution < -0.4 is 0 Å². The summed E-state index contributed by atoms with van der Waals surface area (Å²) in [6.45, 7) is 2.52. The molecule has 0 unspecified atom stereocenters. The molecule has 3 rings (SSSR count). The molecule has 6 heteroatoms. The highest BCUT2D eigenvalue weighted by Gasteiger charge is 2.24. The molecule has 21 heavy (non-hydrogen) atoms. The van der Waals surface area contributed by atoms with Gasteiger partial charge in [0.25, 0.3) is 0 Å². The number of aryl methyl sites for hydroxylation is 1. The Hall–Kier alpha value is -1.46. The lowest BCUT2D eigenvalue weighted by molar-refractivity contribution is 0.198. The number of aromatic nitrogens is 3. The third-order valence-electron chi connectivity index (χ3n) is 4.11. The van der Waals surface area contributed by atoms with Crippen LogP contribution in [0.15, 0.2) is 24.5 Å². The predicted molar refractivity (Wildman–Crippen MR) is 79.7 cm³/mol. The SMILES string of the molecule is Cn1cnnc1C1CCN(Cc2ccc(Cl)cc2F)CC1. The molecule has 4 nitrogen and oxygen atoms in total. The van der Waals surface area contributed by atoms with E-state index in [4.69, 9.17) is 11.6 Å². The number of benzene rings is 1. The largest absolute Gasteiger partial charge is 0.320 e. The van der Waals surface area contributed by atoms with E-state index in [0.29, 0.717) is 23.0 Å². The molecule has 0 atom stereocenters. The van der Waals surface area contributed by atoms with Crippen LogP contribution in [0.4, 0.5) is 4.39 Å². The number of hydrogen-bond acceptors (Lipinski definition) is 3. The van der Waals surface area contributed by atoms with E-state index in [9.17, 15) is 4.39 Å². The Labute approximate surface area is 128 Å². The fraction of sp³-hybridized carbons (Fsp3) is 0.467. The first-order chi connectivity index (χ1) is 10.1. The van der Waals surface area contributed by atoms with Crippen LogP contribution in [-0.4, -0.2) is 32.8 Å². The lowest BCUT2D eigenvalue weighted by Gasteiger charge is -2.31. The van der Waals surface area contributed by atoms with Gasteiger partial charge in [-0.3, -0.25) is 4.90 Å². The molecule has 0 saturated carbocycles. The highest BCUT2D eigenvalue weighted by Crippen LogP contribution is 2.27. The summed E-state index contributed by atoms with van der Waals surface area (Å²) in [6, 6.07) is 4.89. The van der Waals surface area contributed by atoms with Crippen molar-refractivity contribution in [1.29, 1.82) is 0 Å². The van der Waals surface area contributed by atoms with Gasteiger partial charge in [-0.1, -0.05) is 17.7 Å². The topological polar surface area (TPSA) is 34.0 Å². The van der Waals surface area contributed by atoms with Gasteiger partial charge in [0.15, 0.2) is 0 Å². The van der Waals surface area contributed by atoms with Crippen LogP contribution in [0.3, 0.4) is 0 Å². The summed E-state index contributed by atoms with van der Waals surface area (Å²) >= 11 is 5.78. The molecule has 1 aromatic carbocycles. The molecule has 2 heterocycles. The van der Waals surface area contributed by atoms with Crippen LogP contribution in [0, 0.1) is 5.82 Å². The van der Waals surface area contributed by atoms with Gasteiger partial charge in [0.2, 0.25) is 0 Å². The van der Waals surface area contributed by atoms with Gasteiger partial charge >= 0.3 is 0 Å². The van der Waals surface area contributed by atoms with Crippen molar-refractivity contribution in [2.75, 3.05) is 13.1 Å². The van der Waals surface area contributed by atoms with Crippen molar-refractivity contribution in [2.45, 2.75) is 25.3 Å². The third-order valence-corrected chi connectivity index (χ3v) is 4.34. The van der Waals surface area contributed by atoms with E-state index in [1.54, 1.807) is 18.5 Å². The van der Waals surface area contributed by atoms with Crippen molar-refractivity contribution in [3.05, 3.63) is 46.8 Å². The lowest BCUT2D eigenvalue weighted by atomic mass is 9.95. The van der Waals surface area contributed by atoms with E-state index in [2.05, 4.69) is 15.1 Å². The molecule has 112 valence electrons. The Morgan fingerprint density at radius 3 is 2.71 bits per heavy atom. The van der Waals surface area contributed by atoms with Crippen LogP contribution in [0.1, 0.15) is 30.1 Å². The lowest BCUT2D eigenvalue weighted by Crippen LogP contribution is -2.33. The molecule has 0 N–H and O–H groups in total. The highest BCUT2D eigenvalue weighted by molar-refractivity contribution is 6.30. The number of nitrogens with zero attached hydrogens (tertiary/aromatic N) is 4. The van der Waals surface area contributed by atoms with E-state index in [0.717, 1.165) is 31.8 Å². The maximum absolute atomic E-state index is 13.8. The van der Waals surface area contributed by atoms with E-state index < -0.39 is 0 Å². The zero-order chi connectivity index (χ0) is 14.8. The van der Waals surface area contributed by atoms with Gasteiger partial charge in [-0.05, 0) is 38.1 Å². The van der Waals surface area contributed by atoms with Crippen LogP contribution in [-0.2, 0) is 13.6 Å². The molecule has 1 aromatic heterocycles. The second-order valence-corrected chi connectivity index (χ2v) is 6.02. The minimum atomic E-state index is -0.224. The van der Waals surface area contributed by atoms with E-state index >= 15 is 0 Å². The zero-order valence-electron chi connectivity index (χ0n) is 12.0. The van der Waals surface area contributed by atoms with E-state index in [1.807, 2.05) is 11.6 Å². The van der Waals surface area contributed by atoms with Crippen molar-refractivity contribution in [3.63, 3.8) is 0 Å². The van der Waals surface area contributed by atoms with Crippen LogP contribution in [0.25, 0.3) is 0 Å². The molecule has 1 aliphatic rings. The number of halogens is 2. The summed E-state index contributed by atoms with van der Waals surface area (Å²) < 4.78 is 15.8. The Morgan fingerprint density at radius 2 is 2.10 bits per heavy atom. The van der Waals surface area contributed by atoms with Gasteiger partial charge in [0.1, 0.15) is 18.0 Å². The molecule has 0 bridgehead atoms. The second-order valence-electron chi connectivity index (χ2n) is 5.59. The molecular weight excluding hydrogens is 291 g/mol. The average molecular weight is 309 g/mol. The number of piperidine rings is 1. The smallest absolute Gasteiger partial charge is 0.135 e. The highest BCUT2D eigenvalue weighted by atomic mass is 35.5. The Morgan fingerprint density at radius 1 is 1.33 bits per heavy atom. The van der Waals surface area contributed by atoms with Gasteiger partial charge in [0.05, 0.1) is 0 Å². The van der Waals surface area contributed by atoms with Gasteiger partial charge in [0, 0.05) is 30.1 Å². The second kappa shape index (κ2) is 6.12. The molecule has 0 aliphatic carbocycles. The fourth-order valence-corrected chi connectivity index (χ4v) is 3.06. The zero-order valence-corrected chi connectivity index (χ0v) is 12.7. The van der Waals surface area contributed by atoms with Crippen LogP contribution in [0.2, 0.25) is 5.02 Å². The summed E-state index contributed by atoms with van der Waals surface area (Å²) in [5.41, 5.74) is 0.705. The van der Waals surface area contributed by atoms with Crippen molar-refractivity contribution in [2.24, 2.45) is 7.05 Å². The molecule has 2 aromatic rings. The molecule has 0 amide bonds. The van der Waals surface area contributed by atoms with E-state index in [-0.39, 0.29) is 5.82 Å². The fourth-order valence-electron chi connectivity index (χ4n) is 2.90. The van der Waals surface area contributed by atoms with Crippen molar-refractivity contribution in [3.8, 4) is 0 Å². The summed E-state index contributed by atoms with van der Waals surface area (Å²) in [6.07, 6.45) is 3.80. The van der Waals surface area contributed by atoms with Gasteiger partial charge in [-0.15, -0.1) is 10.2 Å².